The molecule has 0 fully saturated rings. The molecule has 0 saturated carbocycles. The molecule has 0 N–H and O–H groups in total. The van der Waals surface area contributed by atoms with Crippen LogP contribution in [0.1, 0.15) is 114 Å². The molecule has 0 spiro atoms. The molecule has 4 heterocycles. The minimum atomic E-state index is -0.275. The van der Waals surface area contributed by atoms with Gasteiger partial charge in [0, 0.05) is 48.7 Å². The second-order valence-corrected chi connectivity index (χ2v) is 23.1. The van der Waals surface area contributed by atoms with Crippen molar-refractivity contribution in [2.24, 2.45) is 0 Å². The average molecular weight is 1180 g/mol. The van der Waals surface area contributed by atoms with E-state index in [1.54, 1.807) is 6.07 Å². The molecule has 8 aromatic carbocycles. The minimum absolute atomic E-state index is 0. The van der Waals surface area contributed by atoms with E-state index in [4.69, 9.17) is 14.5 Å². The summed E-state index contributed by atoms with van der Waals surface area (Å²) in [4.78, 5) is 9.59. The maximum atomic E-state index is 12.7. The number of nitrogens with zero attached hydrogens (tertiary/aromatic N) is 3. The van der Waals surface area contributed by atoms with Gasteiger partial charge in [0.25, 0.3) is 6.71 Å². The van der Waals surface area contributed by atoms with Crippen LogP contribution in [0.25, 0.3) is 61.3 Å². The number of imidazole rings is 1. The number of ether oxygens (including phenoxy) is 2. The number of rotatable bonds is 6. The van der Waals surface area contributed by atoms with Crippen LogP contribution in [0.3, 0.4) is 0 Å². The number of halogens is 1. The second kappa shape index (κ2) is 20.1. The van der Waals surface area contributed by atoms with Crippen LogP contribution in [-0.4, -0.2) is 21.2 Å². The number of aryl methyl sites for hydroxylation is 2. The quantitative estimate of drug-likeness (QED) is 0.123. The Bertz CT molecular complexity index is 3810. The van der Waals surface area contributed by atoms with Gasteiger partial charge in [0.15, 0.2) is 0 Å². The molecule has 0 amide bonds. The van der Waals surface area contributed by atoms with Crippen molar-refractivity contribution in [1.29, 1.82) is 0 Å². The Kier molecular flexibility index (Phi) is 13.8. The van der Waals surface area contributed by atoms with Gasteiger partial charge in [0.1, 0.15) is 23.0 Å². The van der Waals surface area contributed by atoms with Gasteiger partial charge in [-0.1, -0.05) is 148 Å². The zero-order valence-electron chi connectivity index (χ0n) is 45.5. The first kappa shape index (κ1) is 52.3. The molecule has 12 rings (SSSR count). The van der Waals surface area contributed by atoms with Crippen molar-refractivity contribution in [1.82, 2.24) is 14.5 Å². The molecule has 0 bridgehead atoms. The Labute approximate surface area is 462 Å². The van der Waals surface area contributed by atoms with Crippen LogP contribution in [0.15, 0.2) is 152 Å². The number of pyridine rings is 1. The van der Waals surface area contributed by atoms with Crippen LogP contribution < -0.4 is 25.9 Å². The first-order chi connectivity index (χ1) is 35.8. The SMILES string of the molecule is CC(C)c1cccc(C(C)C)c1-n1c(-c2[c-]ccc(-c3ccc4c5c6c(cc4c3)Oc3ccc(C(C)(C)C)cc3B6c3cc(C(C)(C)C)ccc3O5)c2)nc2ccccc21.Cc1cnc(-c2[c-]cc(F)cc2)cc1C.[Ir]. The Hall–Kier alpha value is -7.12. The van der Waals surface area contributed by atoms with Crippen molar-refractivity contribution in [3.8, 4) is 62.5 Å². The summed E-state index contributed by atoms with van der Waals surface area (Å²) in [7, 11) is 0. The Morgan fingerprint density at radius 1 is 0.618 bits per heavy atom. The third-order valence-electron chi connectivity index (χ3n) is 15.1. The number of para-hydroxylation sites is 3. The fraction of sp³-hybridized carbons (Fsp3) is 0.235. The molecule has 76 heavy (non-hydrogen) atoms. The molecule has 0 saturated heterocycles. The summed E-state index contributed by atoms with van der Waals surface area (Å²) in [5.41, 5.74) is 19.1. The summed E-state index contributed by atoms with van der Waals surface area (Å²) in [5, 5.41) is 2.14. The van der Waals surface area contributed by atoms with Gasteiger partial charge in [-0.3, -0.25) is 9.37 Å². The second-order valence-electron chi connectivity index (χ2n) is 23.1. The summed E-state index contributed by atoms with van der Waals surface area (Å²) >= 11 is 0. The largest absolute Gasteiger partial charge is 0.458 e. The van der Waals surface area contributed by atoms with Gasteiger partial charge in [-0.2, -0.15) is 0 Å². The van der Waals surface area contributed by atoms with E-state index in [0.29, 0.717) is 11.8 Å². The summed E-state index contributed by atoms with van der Waals surface area (Å²) < 4.78 is 28.9. The molecule has 0 aliphatic carbocycles. The normalized spacial score (nSPS) is 12.6. The van der Waals surface area contributed by atoms with E-state index < -0.39 is 0 Å². The number of fused-ring (bicyclic) bond motifs is 7. The van der Waals surface area contributed by atoms with Gasteiger partial charge in [-0.15, -0.1) is 65.2 Å². The van der Waals surface area contributed by atoms with Crippen LogP contribution >= 0.6 is 0 Å². The van der Waals surface area contributed by atoms with Gasteiger partial charge >= 0.3 is 0 Å². The summed E-state index contributed by atoms with van der Waals surface area (Å²) in [6, 6.07) is 57.0. The van der Waals surface area contributed by atoms with Crippen LogP contribution in [-0.2, 0) is 30.9 Å². The Morgan fingerprint density at radius 2 is 1.28 bits per heavy atom. The minimum Gasteiger partial charge on any atom is -0.458 e. The molecule has 2 aliphatic rings. The standard InChI is InChI=1S/C55H52BN2O2.C13H11FN.Ir/c1-32(2)40-17-14-18-41(33(3)4)51(40)58-46-20-12-11-19-45(46)57-53(58)36-16-13-15-34(27-36)35-21-24-42-37(28-35)29-49-50-52(42)60-48-26-23-39(55(8,9)10)31-44(48)56(50)43-30-38(54(5,6)7)22-25-47(43)59-49;1-9-7-13(15-8-10(9)2)11-3-5-12(14)6-4-11;/h11-15,17-33H,1-10H3;3,5-8H,1-2H3;/q2*-1;. The molecule has 10 aromatic rings. The van der Waals surface area contributed by atoms with E-state index >= 15 is 0 Å². The van der Waals surface area contributed by atoms with Crippen LogP contribution in [0.5, 0.6) is 23.0 Å². The van der Waals surface area contributed by atoms with Gasteiger partial charge in [0.2, 0.25) is 0 Å². The van der Waals surface area contributed by atoms with Gasteiger partial charge in [0.05, 0.1) is 16.9 Å². The summed E-state index contributed by atoms with van der Waals surface area (Å²) in [6.07, 6.45) is 1.82. The maximum absolute atomic E-state index is 12.7. The van der Waals surface area contributed by atoms with Crippen molar-refractivity contribution >= 4 is 44.9 Å². The van der Waals surface area contributed by atoms with E-state index in [2.05, 4.69) is 206 Å². The molecule has 0 atom stereocenters. The molecule has 2 aromatic heterocycles. The Balaban J connectivity index is 0.000000354. The smallest absolute Gasteiger partial charge is 0.260 e. The predicted molar refractivity (Wildman–Crippen MR) is 309 cm³/mol. The summed E-state index contributed by atoms with van der Waals surface area (Å²) in [5.74, 6) is 4.83. The van der Waals surface area contributed by atoms with Crippen molar-refractivity contribution < 1.29 is 34.0 Å². The molecule has 383 valence electrons. The molecular weight excluding hydrogens is 1110 g/mol. The zero-order chi connectivity index (χ0) is 52.7. The van der Waals surface area contributed by atoms with Crippen LogP contribution in [0, 0.1) is 31.8 Å². The maximum Gasteiger partial charge on any atom is 0.260 e. The van der Waals surface area contributed by atoms with E-state index in [1.807, 2.05) is 32.2 Å². The third-order valence-corrected chi connectivity index (χ3v) is 15.1. The molecule has 8 heteroatoms. The zero-order valence-corrected chi connectivity index (χ0v) is 47.9. The topological polar surface area (TPSA) is 49.2 Å². The van der Waals surface area contributed by atoms with Crippen molar-refractivity contribution in [2.45, 2.75) is 106 Å². The summed E-state index contributed by atoms with van der Waals surface area (Å²) in [6.45, 7) is 26.8. The monoisotopic (exact) mass is 1180 g/mol. The molecular formula is C68H63BFIrN3O2-2. The Morgan fingerprint density at radius 3 is 1.91 bits per heavy atom. The van der Waals surface area contributed by atoms with Crippen molar-refractivity contribution in [3.63, 3.8) is 0 Å². The van der Waals surface area contributed by atoms with Crippen LogP contribution in [0.2, 0.25) is 0 Å². The molecule has 2 aliphatic heterocycles. The molecule has 5 nitrogen and oxygen atoms in total. The van der Waals surface area contributed by atoms with E-state index in [9.17, 15) is 4.39 Å². The number of aromatic nitrogens is 3. The number of benzene rings is 8. The number of hydrogen-bond donors (Lipinski definition) is 0. The van der Waals surface area contributed by atoms with Crippen LogP contribution in [0.4, 0.5) is 4.39 Å². The molecule has 1 radical (unpaired) electrons. The number of hydrogen-bond acceptors (Lipinski definition) is 4. The molecule has 0 unspecified atom stereocenters. The fourth-order valence-corrected chi connectivity index (χ4v) is 10.7. The van der Waals surface area contributed by atoms with E-state index in [-0.39, 0.29) is 43.5 Å². The van der Waals surface area contributed by atoms with Gasteiger partial charge in [-0.25, -0.2) is 0 Å². The first-order valence-corrected chi connectivity index (χ1v) is 26.3. The van der Waals surface area contributed by atoms with Gasteiger partial charge < -0.3 is 19.0 Å². The van der Waals surface area contributed by atoms with Gasteiger partial charge in [-0.05, 0) is 128 Å². The predicted octanol–water partition coefficient (Wildman–Crippen LogP) is 16.2. The first-order valence-electron chi connectivity index (χ1n) is 26.3. The third kappa shape index (κ3) is 9.60. The van der Waals surface area contributed by atoms with E-state index in [1.165, 1.54) is 56.6 Å². The van der Waals surface area contributed by atoms with E-state index in [0.717, 1.165) is 89.6 Å². The van der Waals surface area contributed by atoms with Crippen molar-refractivity contribution in [3.05, 3.63) is 203 Å². The average Bonchev–Trinajstić information content (AvgIpc) is 3.93. The fourth-order valence-electron chi connectivity index (χ4n) is 10.7. The van der Waals surface area contributed by atoms with Crippen molar-refractivity contribution in [2.75, 3.05) is 0 Å².